The zero-order valence-corrected chi connectivity index (χ0v) is 11.0. The number of para-hydroxylation sites is 2. The third-order valence-corrected chi connectivity index (χ3v) is 2.80. The molecular weight excluding hydrogens is 214 g/mol. The zero-order chi connectivity index (χ0) is 12.5. The summed E-state index contributed by atoms with van der Waals surface area (Å²) in [7, 11) is 1.66. The van der Waals surface area contributed by atoms with Crippen molar-refractivity contribution >= 4 is 0 Å². The first-order valence-electron chi connectivity index (χ1n) is 6.24. The van der Waals surface area contributed by atoms with Gasteiger partial charge in [-0.05, 0) is 24.6 Å². The highest BCUT2D eigenvalue weighted by Gasteiger charge is 2.02. The number of hydrogen-bond acceptors (Lipinski definition) is 3. The van der Waals surface area contributed by atoms with Gasteiger partial charge >= 0.3 is 0 Å². The van der Waals surface area contributed by atoms with Gasteiger partial charge in [-0.1, -0.05) is 32.4 Å². The summed E-state index contributed by atoms with van der Waals surface area (Å²) in [5, 5.41) is 3.38. The highest BCUT2D eigenvalue weighted by atomic mass is 16.5. The van der Waals surface area contributed by atoms with Gasteiger partial charge in [-0.3, -0.25) is 0 Å². The van der Waals surface area contributed by atoms with E-state index in [1.807, 2.05) is 24.3 Å². The summed E-state index contributed by atoms with van der Waals surface area (Å²) in [5.41, 5.74) is 0. The quantitative estimate of drug-likeness (QED) is 0.705. The second-order valence-corrected chi connectivity index (χ2v) is 4.22. The molecule has 1 aromatic carbocycles. The van der Waals surface area contributed by atoms with Gasteiger partial charge in [0.05, 0.1) is 7.11 Å². The number of methoxy groups -OCH3 is 1. The lowest BCUT2D eigenvalue weighted by atomic mass is 10.1. The monoisotopic (exact) mass is 237 g/mol. The van der Waals surface area contributed by atoms with Gasteiger partial charge in [0.1, 0.15) is 6.61 Å². The maximum absolute atomic E-state index is 5.66. The van der Waals surface area contributed by atoms with Crippen LogP contribution < -0.4 is 14.8 Å². The number of ether oxygens (including phenoxy) is 2. The van der Waals surface area contributed by atoms with Crippen molar-refractivity contribution < 1.29 is 9.47 Å². The van der Waals surface area contributed by atoms with E-state index in [2.05, 4.69) is 19.2 Å². The van der Waals surface area contributed by atoms with Crippen molar-refractivity contribution in [2.75, 3.05) is 26.8 Å². The molecule has 0 aromatic heterocycles. The van der Waals surface area contributed by atoms with E-state index in [0.29, 0.717) is 6.61 Å². The van der Waals surface area contributed by atoms with Crippen molar-refractivity contribution in [3.8, 4) is 11.5 Å². The standard InChI is InChI=1S/C14H23NO2/c1-4-12(2)11-15-9-10-17-14-8-6-5-7-13(14)16-3/h5-8,12,15H,4,9-11H2,1-3H3. The molecule has 0 amide bonds. The Morgan fingerprint density at radius 2 is 1.94 bits per heavy atom. The van der Waals surface area contributed by atoms with Crippen molar-refractivity contribution in [3.05, 3.63) is 24.3 Å². The van der Waals surface area contributed by atoms with Crippen LogP contribution in [0.5, 0.6) is 11.5 Å². The van der Waals surface area contributed by atoms with E-state index in [1.54, 1.807) is 7.11 Å². The lowest BCUT2D eigenvalue weighted by Crippen LogP contribution is -2.25. The molecule has 0 aliphatic carbocycles. The number of nitrogens with one attached hydrogen (secondary N) is 1. The molecule has 0 bridgehead atoms. The van der Waals surface area contributed by atoms with Crippen molar-refractivity contribution in [1.29, 1.82) is 0 Å². The van der Waals surface area contributed by atoms with Crippen LogP contribution in [-0.2, 0) is 0 Å². The van der Waals surface area contributed by atoms with Gasteiger partial charge in [-0.2, -0.15) is 0 Å². The molecule has 0 radical (unpaired) electrons. The van der Waals surface area contributed by atoms with Gasteiger partial charge in [0.15, 0.2) is 11.5 Å². The third-order valence-electron chi connectivity index (χ3n) is 2.80. The van der Waals surface area contributed by atoms with Crippen LogP contribution >= 0.6 is 0 Å². The second kappa shape index (κ2) is 7.96. The van der Waals surface area contributed by atoms with Crippen LogP contribution in [0.3, 0.4) is 0 Å². The third kappa shape index (κ3) is 5.09. The first-order valence-corrected chi connectivity index (χ1v) is 6.24. The van der Waals surface area contributed by atoms with Crippen molar-refractivity contribution in [2.45, 2.75) is 20.3 Å². The van der Waals surface area contributed by atoms with Crippen LogP contribution in [0, 0.1) is 5.92 Å². The fraction of sp³-hybridized carbons (Fsp3) is 0.571. The molecule has 0 saturated heterocycles. The molecule has 17 heavy (non-hydrogen) atoms. The van der Waals surface area contributed by atoms with Gasteiger partial charge in [-0.25, -0.2) is 0 Å². The summed E-state index contributed by atoms with van der Waals surface area (Å²) >= 11 is 0. The minimum atomic E-state index is 0.663. The van der Waals surface area contributed by atoms with Gasteiger partial charge < -0.3 is 14.8 Å². The van der Waals surface area contributed by atoms with E-state index < -0.39 is 0 Å². The molecule has 3 nitrogen and oxygen atoms in total. The lowest BCUT2D eigenvalue weighted by Gasteiger charge is -2.12. The summed E-state index contributed by atoms with van der Waals surface area (Å²) in [6.45, 7) is 7.02. The largest absolute Gasteiger partial charge is 0.493 e. The van der Waals surface area contributed by atoms with E-state index >= 15 is 0 Å². The van der Waals surface area contributed by atoms with Crippen molar-refractivity contribution in [3.63, 3.8) is 0 Å². The Balaban J connectivity index is 2.22. The zero-order valence-electron chi connectivity index (χ0n) is 11.0. The number of rotatable bonds is 8. The van der Waals surface area contributed by atoms with Gasteiger partial charge in [-0.15, -0.1) is 0 Å². The van der Waals surface area contributed by atoms with Crippen LogP contribution in [0.1, 0.15) is 20.3 Å². The lowest BCUT2D eigenvalue weighted by molar-refractivity contribution is 0.289. The molecule has 0 heterocycles. The summed E-state index contributed by atoms with van der Waals surface area (Å²) in [4.78, 5) is 0. The molecule has 1 rings (SSSR count). The molecule has 1 atom stereocenters. The van der Waals surface area contributed by atoms with Crippen LogP contribution in [0.15, 0.2) is 24.3 Å². The second-order valence-electron chi connectivity index (χ2n) is 4.22. The summed E-state index contributed by atoms with van der Waals surface area (Å²) < 4.78 is 10.9. The Bertz CT molecular complexity index is 315. The van der Waals surface area contributed by atoms with Gasteiger partial charge in [0, 0.05) is 6.54 Å². The maximum atomic E-state index is 5.66. The molecule has 1 unspecified atom stereocenters. The van der Waals surface area contributed by atoms with Crippen LogP contribution in [0.2, 0.25) is 0 Å². The molecular formula is C14H23NO2. The molecule has 0 aliphatic heterocycles. The predicted octanol–water partition coefficient (Wildman–Crippen LogP) is 2.71. The molecule has 1 aromatic rings. The molecule has 1 N–H and O–H groups in total. The Hall–Kier alpha value is -1.22. The Morgan fingerprint density at radius 1 is 1.24 bits per heavy atom. The van der Waals surface area contributed by atoms with E-state index in [-0.39, 0.29) is 0 Å². The highest BCUT2D eigenvalue weighted by Crippen LogP contribution is 2.25. The van der Waals surface area contributed by atoms with Crippen molar-refractivity contribution in [1.82, 2.24) is 5.32 Å². The smallest absolute Gasteiger partial charge is 0.161 e. The fourth-order valence-electron chi connectivity index (χ4n) is 1.46. The van der Waals surface area contributed by atoms with Crippen LogP contribution in [0.25, 0.3) is 0 Å². The first kappa shape index (κ1) is 13.8. The Labute approximate surface area is 104 Å². The molecule has 96 valence electrons. The van der Waals surface area contributed by atoms with E-state index in [1.165, 1.54) is 6.42 Å². The number of hydrogen-bond donors (Lipinski definition) is 1. The predicted molar refractivity (Wildman–Crippen MR) is 70.8 cm³/mol. The van der Waals surface area contributed by atoms with Crippen LogP contribution in [0.4, 0.5) is 0 Å². The molecule has 3 heteroatoms. The molecule has 0 spiro atoms. The Morgan fingerprint density at radius 3 is 2.59 bits per heavy atom. The fourth-order valence-corrected chi connectivity index (χ4v) is 1.46. The summed E-state index contributed by atoms with van der Waals surface area (Å²) in [5.74, 6) is 2.32. The molecule has 0 saturated carbocycles. The van der Waals surface area contributed by atoms with Gasteiger partial charge in [0.25, 0.3) is 0 Å². The molecule has 0 aliphatic rings. The minimum absolute atomic E-state index is 0.663. The van der Waals surface area contributed by atoms with E-state index in [0.717, 1.165) is 30.5 Å². The number of benzene rings is 1. The minimum Gasteiger partial charge on any atom is -0.493 e. The summed E-state index contributed by atoms with van der Waals surface area (Å²) in [6.07, 6.45) is 1.21. The topological polar surface area (TPSA) is 30.5 Å². The SMILES string of the molecule is CCC(C)CNCCOc1ccccc1OC. The maximum Gasteiger partial charge on any atom is 0.161 e. The Kier molecular flexibility index (Phi) is 6.48. The average molecular weight is 237 g/mol. The average Bonchev–Trinajstić information content (AvgIpc) is 2.38. The first-order chi connectivity index (χ1) is 8.27. The van der Waals surface area contributed by atoms with Crippen LogP contribution in [-0.4, -0.2) is 26.8 Å². The van der Waals surface area contributed by atoms with E-state index in [9.17, 15) is 0 Å². The normalized spacial score (nSPS) is 12.2. The van der Waals surface area contributed by atoms with E-state index in [4.69, 9.17) is 9.47 Å². The summed E-state index contributed by atoms with van der Waals surface area (Å²) in [6, 6.07) is 7.72. The van der Waals surface area contributed by atoms with Gasteiger partial charge in [0.2, 0.25) is 0 Å². The van der Waals surface area contributed by atoms with Crippen molar-refractivity contribution in [2.24, 2.45) is 5.92 Å². The molecule has 0 fully saturated rings. The highest BCUT2D eigenvalue weighted by molar-refractivity contribution is 5.39.